The van der Waals surface area contributed by atoms with Crippen molar-refractivity contribution in [2.24, 2.45) is 0 Å². The fourth-order valence-corrected chi connectivity index (χ4v) is 3.19. The molecule has 3 rings (SSSR count). The molecule has 2 heterocycles. The van der Waals surface area contributed by atoms with Crippen LogP contribution in [0, 0.1) is 0 Å². The van der Waals surface area contributed by atoms with Crippen LogP contribution in [0.2, 0.25) is 0 Å². The van der Waals surface area contributed by atoms with Crippen molar-refractivity contribution >= 4 is 10.9 Å². The maximum atomic E-state index is 5.16. The van der Waals surface area contributed by atoms with Crippen LogP contribution in [-0.4, -0.2) is 29.3 Å². The number of ether oxygens (including phenoxy) is 1. The van der Waals surface area contributed by atoms with E-state index in [0.717, 1.165) is 38.1 Å². The molecule has 1 unspecified atom stereocenters. The SMILES string of the molecule is CCc1cn(CCCCOC)c2cc(C(C)NC3CC3)ncc12. The van der Waals surface area contributed by atoms with Gasteiger partial charge in [0, 0.05) is 50.1 Å². The van der Waals surface area contributed by atoms with Crippen molar-refractivity contribution < 1.29 is 4.74 Å². The molecule has 126 valence electrons. The summed E-state index contributed by atoms with van der Waals surface area (Å²) in [5, 5.41) is 4.95. The molecule has 4 heteroatoms. The van der Waals surface area contributed by atoms with Gasteiger partial charge in [0.05, 0.1) is 11.2 Å². The molecule has 4 nitrogen and oxygen atoms in total. The quantitative estimate of drug-likeness (QED) is 0.715. The van der Waals surface area contributed by atoms with E-state index in [1.54, 1.807) is 7.11 Å². The van der Waals surface area contributed by atoms with E-state index in [4.69, 9.17) is 9.72 Å². The number of nitrogens with zero attached hydrogens (tertiary/aromatic N) is 2. The Morgan fingerprint density at radius 1 is 1.39 bits per heavy atom. The Bertz CT molecular complexity index is 645. The summed E-state index contributed by atoms with van der Waals surface area (Å²) >= 11 is 0. The number of aromatic nitrogens is 2. The molecular weight excluding hydrogens is 286 g/mol. The fraction of sp³-hybridized carbons (Fsp3) is 0.632. The summed E-state index contributed by atoms with van der Waals surface area (Å²) in [6, 6.07) is 3.31. The minimum atomic E-state index is 0.328. The van der Waals surface area contributed by atoms with Gasteiger partial charge in [-0.25, -0.2) is 0 Å². The van der Waals surface area contributed by atoms with Gasteiger partial charge in [-0.2, -0.15) is 0 Å². The van der Waals surface area contributed by atoms with Gasteiger partial charge in [0.25, 0.3) is 0 Å². The van der Waals surface area contributed by atoms with Gasteiger partial charge in [-0.05, 0) is 50.7 Å². The van der Waals surface area contributed by atoms with Gasteiger partial charge in [0.1, 0.15) is 0 Å². The molecule has 1 saturated carbocycles. The largest absolute Gasteiger partial charge is 0.385 e. The third kappa shape index (κ3) is 3.93. The first-order valence-corrected chi connectivity index (χ1v) is 8.95. The van der Waals surface area contributed by atoms with E-state index in [0.29, 0.717) is 12.1 Å². The third-order valence-electron chi connectivity index (χ3n) is 4.76. The maximum Gasteiger partial charge on any atom is 0.0591 e. The number of nitrogens with one attached hydrogen (secondary N) is 1. The zero-order chi connectivity index (χ0) is 16.2. The van der Waals surface area contributed by atoms with E-state index in [-0.39, 0.29) is 0 Å². The van der Waals surface area contributed by atoms with Gasteiger partial charge in [-0.3, -0.25) is 4.98 Å². The monoisotopic (exact) mass is 315 g/mol. The van der Waals surface area contributed by atoms with Crippen LogP contribution in [0.1, 0.15) is 56.8 Å². The molecule has 2 aromatic heterocycles. The number of hydrogen-bond donors (Lipinski definition) is 1. The highest BCUT2D eigenvalue weighted by molar-refractivity contribution is 5.83. The molecule has 0 aliphatic heterocycles. The lowest BCUT2D eigenvalue weighted by molar-refractivity contribution is 0.191. The molecule has 1 aliphatic carbocycles. The van der Waals surface area contributed by atoms with Crippen LogP contribution < -0.4 is 5.32 Å². The van der Waals surface area contributed by atoms with E-state index in [9.17, 15) is 0 Å². The predicted molar refractivity (Wildman–Crippen MR) is 94.8 cm³/mol. The number of unbranched alkanes of at least 4 members (excludes halogenated alkanes) is 1. The molecule has 0 saturated heterocycles. The van der Waals surface area contributed by atoms with Gasteiger partial charge < -0.3 is 14.6 Å². The third-order valence-corrected chi connectivity index (χ3v) is 4.76. The maximum absolute atomic E-state index is 5.16. The van der Waals surface area contributed by atoms with Crippen molar-refractivity contribution in [1.82, 2.24) is 14.9 Å². The minimum absolute atomic E-state index is 0.328. The number of hydrogen-bond acceptors (Lipinski definition) is 3. The average Bonchev–Trinajstić information content (AvgIpc) is 3.31. The second kappa shape index (κ2) is 7.45. The number of rotatable bonds is 9. The first-order chi connectivity index (χ1) is 11.2. The van der Waals surface area contributed by atoms with Crippen molar-refractivity contribution in [1.29, 1.82) is 0 Å². The van der Waals surface area contributed by atoms with Crippen LogP contribution in [0.5, 0.6) is 0 Å². The highest BCUT2D eigenvalue weighted by Crippen LogP contribution is 2.27. The Hall–Kier alpha value is -1.39. The average molecular weight is 315 g/mol. The standard InChI is InChI=1S/C19H29N3O/c1-4-15-13-22(9-5-6-10-23-3)19-11-18(20-12-17(15)19)14(2)21-16-7-8-16/h11-14,16,21H,4-10H2,1-3H3. The Labute approximate surface area is 139 Å². The first kappa shape index (κ1) is 16.5. The summed E-state index contributed by atoms with van der Waals surface area (Å²) in [7, 11) is 1.77. The van der Waals surface area contributed by atoms with Crippen molar-refractivity contribution in [3.05, 3.63) is 29.7 Å². The van der Waals surface area contributed by atoms with E-state index in [1.807, 2.05) is 0 Å². The Balaban J connectivity index is 1.82. The summed E-state index contributed by atoms with van der Waals surface area (Å²) in [6.07, 6.45) is 10.3. The van der Waals surface area contributed by atoms with Crippen LogP contribution in [0.15, 0.2) is 18.5 Å². The zero-order valence-electron chi connectivity index (χ0n) is 14.6. The molecule has 1 N–H and O–H groups in total. The zero-order valence-corrected chi connectivity index (χ0v) is 14.6. The molecule has 1 fully saturated rings. The Kier molecular flexibility index (Phi) is 5.34. The van der Waals surface area contributed by atoms with Crippen LogP contribution in [0.3, 0.4) is 0 Å². The van der Waals surface area contributed by atoms with E-state index < -0.39 is 0 Å². The Morgan fingerprint density at radius 3 is 2.91 bits per heavy atom. The second-order valence-electron chi connectivity index (χ2n) is 6.69. The van der Waals surface area contributed by atoms with Crippen molar-refractivity contribution in [2.75, 3.05) is 13.7 Å². The number of aryl methyl sites for hydroxylation is 2. The fourth-order valence-electron chi connectivity index (χ4n) is 3.19. The first-order valence-electron chi connectivity index (χ1n) is 8.95. The van der Waals surface area contributed by atoms with Gasteiger partial charge in [-0.1, -0.05) is 6.92 Å². The summed E-state index contributed by atoms with van der Waals surface area (Å²) in [6.45, 7) is 6.33. The van der Waals surface area contributed by atoms with Crippen LogP contribution in [-0.2, 0) is 17.7 Å². The number of fused-ring (bicyclic) bond motifs is 1. The summed E-state index contributed by atoms with van der Waals surface area (Å²) in [5.41, 5.74) is 3.88. The molecule has 1 atom stereocenters. The normalized spacial score (nSPS) is 16.1. The summed E-state index contributed by atoms with van der Waals surface area (Å²) in [5.74, 6) is 0. The number of methoxy groups -OCH3 is 1. The predicted octanol–water partition coefficient (Wildman–Crippen LogP) is 3.84. The smallest absolute Gasteiger partial charge is 0.0591 e. The molecule has 2 aromatic rings. The summed E-state index contributed by atoms with van der Waals surface area (Å²) < 4.78 is 7.56. The van der Waals surface area contributed by atoms with E-state index in [1.165, 1.54) is 29.3 Å². The van der Waals surface area contributed by atoms with Crippen LogP contribution in [0.25, 0.3) is 10.9 Å². The lowest BCUT2D eigenvalue weighted by Gasteiger charge is -2.13. The van der Waals surface area contributed by atoms with Crippen molar-refractivity contribution in [3.63, 3.8) is 0 Å². The lowest BCUT2D eigenvalue weighted by atomic mass is 10.1. The highest BCUT2D eigenvalue weighted by Gasteiger charge is 2.24. The molecule has 23 heavy (non-hydrogen) atoms. The highest BCUT2D eigenvalue weighted by atomic mass is 16.5. The lowest BCUT2D eigenvalue weighted by Crippen LogP contribution is -2.21. The molecule has 0 radical (unpaired) electrons. The summed E-state index contributed by atoms with van der Waals surface area (Å²) in [4.78, 5) is 4.72. The van der Waals surface area contributed by atoms with E-state index >= 15 is 0 Å². The molecule has 0 aromatic carbocycles. The van der Waals surface area contributed by atoms with Crippen LogP contribution in [0.4, 0.5) is 0 Å². The van der Waals surface area contributed by atoms with Gasteiger partial charge >= 0.3 is 0 Å². The molecule has 0 spiro atoms. The van der Waals surface area contributed by atoms with E-state index in [2.05, 4.69) is 42.2 Å². The second-order valence-corrected chi connectivity index (χ2v) is 6.69. The van der Waals surface area contributed by atoms with Crippen LogP contribution >= 0.6 is 0 Å². The molecular formula is C19H29N3O. The molecule has 0 bridgehead atoms. The number of pyridine rings is 1. The molecule has 1 aliphatic rings. The van der Waals surface area contributed by atoms with Gasteiger partial charge in [0.15, 0.2) is 0 Å². The molecule has 0 amide bonds. The topological polar surface area (TPSA) is 39.1 Å². The minimum Gasteiger partial charge on any atom is -0.385 e. The van der Waals surface area contributed by atoms with Gasteiger partial charge in [0.2, 0.25) is 0 Å². The van der Waals surface area contributed by atoms with Crippen molar-refractivity contribution in [2.45, 2.75) is 64.6 Å². The Morgan fingerprint density at radius 2 is 2.22 bits per heavy atom. The van der Waals surface area contributed by atoms with Gasteiger partial charge in [-0.15, -0.1) is 0 Å². The van der Waals surface area contributed by atoms with Crippen molar-refractivity contribution in [3.8, 4) is 0 Å².